The first kappa shape index (κ1) is 19.3. The molecule has 2 aromatic carbocycles. The highest BCUT2D eigenvalue weighted by molar-refractivity contribution is 5.93. The van der Waals surface area contributed by atoms with Gasteiger partial charge in [0.25, 0.3) is 5.91 Å². The summed E-state index contributed by atoms with van der Waals surface area (Å²) in [5.41, 5.74) is 2.09. The Kier molecular flexibility index (Phi) is 5.67. The van der Waals surface area contributed by atoms with E-state index in [0.29, 0.717) is 6.04 Å². The lowest BCUT2D eigenvalue weighted by Gasteiger charge is -2.27. The molecule has 0 bridgehead atoms. The molecule has 2 heterocycles. The van der Waals surface area contributed by atoms with Crippen molar-refractivity contribution in [2.45, 2.75) is 31.8 Å². The number of likely N-dealkylation sites (tertiary alicyclic amines) is 1. The summed E-state index contributed by atoms with van der Waals surface area (Å²) in [4.78, 5) is 14.2. The first-order valence-electron chi connectivity index (χ1n) is 10.2. The van der Waals surface area contributed by atoms with Crippen molar-refractivity contribution >= 4 is 11.6 Å². The average Bonchev–Trinajstić information content (AvgIpc) is 3.38. The minimum absolute atomic E-state index is 0.0536. The first-order chi connectivity index (χ1) is 14.1. The van der Waals surface area contributed by atoms with E-state index in [9.17, 15) is 4.79 Å². The van der Waals surface area contributed by atoms with Crippen molar-refractivity contribution in [3.63, 3.8) is 0 Å². The second kappa shape index (κ2) is 8.53. The van der Waals surface area contributed by atoms with E-state index >= 15 is 0 Å². The van der Waals surface area contributed by atoms with Gasteiger partial charge in [-0.05, 0) is 55.5 Å². The molecule has 0 saturated carbocycles. The van der Waals surface area contributed by atoms with Gasteiger partial charge >= 0.3 is 0 Å². The number of nitrogens with zero attached hydrogens (tertiary/aromatic N) is 1. The van der Waals surface area contributed by atoms with E-state index in [2.05, 4.69) is 35.3 Å². The van der Waals surface area contributed by atoms with Gasteiger partial charge in [0.05, 0.1) is 12.2 Å². The molecule has 5 heteroatoms. The molecule has 1 aliphatic heterocycles. The summed E-state index contributed by atoms with van der Waals surface area (Å²) in [5, 5.41) is 3.07. The molecule has 0 spiro atoms. The molecule has 0 aliphatic carbocycles. The van der Waals surface area contributed by atoms with Crippen molar-refractivity contribution in [3.05, 3.63) is 78.6 Å². The number of aromatic nitrogens is 1. The minimum atomic E-state index is -0.113. The number of quaternary nitrogens is 1. The molecule has 0 radical (unpaired) electrons. The molecule has 3 atom stereocenters. The van der Waals surface area contributed by atoms with Gasteiger partial charge in [0.2, 0.25) is 0 Å². The minimum Gasteiger partial charge on any atom is -0.457 e. The molecule has 1 saturated heterocycles. The fourth-order valence-corrected chi connectivity index (χ4v) is 4.21. The van der Waals surface area contributed by atoms with E-state index in [1.807, 2.05) is 61.5 Å². The van der Waals surface area contributed by atoms with Gasteiger partial charge in [-0.15, -0.1) is 0 Å². The van der Waals surface area contributed by atoms with E-state index in [-0.39, 0.29) is 11.9 Å². The highest BCUT2D eigenvalue weighted by Gasteiger charge is 2.38. The highest BCUT2D eigenvalue weighted by Crippen LogP contribution is 2.23. The number of nitrogens with one attached hydrogen (secondary N) is 2. The van der Waals surface area contributed by atoms with Crippen LogP contribution in [0.1, 0.15) is 31.5 Å². The zero-order valence-electron chi connectivity index (χ0n) is 17.0. The van der Waals surface area contributed by atoms with Gasteiger partial charge in [-0.25, -0.2) is 0 Å². The maximum Gasteiger partial charge on any atom is 0.282 e. The van der Waals surface area contributed by atoms with Gasteiger partial charge in [-0.3, -0.25) is 4.79 Å². The van der Waals surface area contributed by atoms with Crippen LogP contribution in [-0.2, 0) is 11.8 Å². The number of hydrogen-bond acceptors (Lipinski definition) is 2. The second-order valence-electron chi connectivity index (χ2n) is 7.71. The van der Waals surface area contributed by atoms with Crippen molar-refractivity contribution in [1.82, 2.24) is 4.57 Å². The van der Waals surface area contributed by atoms with Crippen molar-refractivity contribution in [3.8, 4) is 11.5 Å². The summed E-state index contributed by atoms with van der Waals surface area (Å²) in [6.45, 7) is 3.05. The largest absolute Gasteiger partial charge is 0.457 e. The molecule has 150 valence electrons. The average molecular weight is 391 g/mol. The van der Waals surface area contributed by atoms with Crippen molar-refractivity contribution in [2.24, 2.45) is 7.05 Å². The number of para-hydroxylation sites is 1. The molecule has 1 unspecified atom stereocenters. The third kappa shape index (κ3) is 4.35. The number of anilines is 1. The van der Waals surface area contributed by atoms with Crippen LogP contribution in [0.15, 0.2) is 72.9 Å². The zero-order chi connectivity index (χ0) is 20.2. The molecule has 2 N–H and O–H groups in total. The summed E-state index contributed by atoms with van der Waals surface area (Å²) in [7, 11) is 2.08. The summed E-state index contributed by atoms with van der Waals surface area (Å²) >= 11 is 0. The molecular weight excluding hydrogens is 362 g/mol. The third-order valence-corrected chi connectivity index (χ3v) is 5.80. The fourth-order valence-electron chi connectivity index (χ4n) is 4.21. The second-order valence-corrected chi connectivity index (χ2v) is 7.71. The summed E-state index contributed by atoms with van der Waals surface area (Å²) in [6, 6.07) is 21.7. The number of aryl methyl sites for hydroxylation is 1. The van der Waals surface area contributed by atoms with Crippen molar-refractivity contribution in [2.75, 3.05) is 11.9 Å². The summed E-state index contributed by atoms with van der Waals surface area (Å²) in [6.07, 6.45) is 4.35. The lowest BCUT2D eigenvalue weighted by Crippen LogP contribution is -3.15. The Morgan fingerprint density at radius 3 is 2.48 bits per heavy atom. The molecule has 1 fully saturated rings. The maximum atomic E-state index is 12.9. The number of hydrogen-bond donors (Lipinski definition) is 2. The van der Waals surface area contributed by atoms with Crippen molar-refractivity contribution < 1.29 is 14.4 Å². The van der Waals surface area contributed by atoms with Crippen LogP contribution in [0.4, 0.5) is 5.69 Å². The van der Waals surface area contributed by atoms with E-state index in [4.69, 9.17) is 4.74 Å². The Labute approximate surface area is 171 Å². The monoisotopic (exact) mass is 390 g/mol. The Bertz CT molecular complexity index is 950. The van der Waals surface area contributed by atoms with Crippen LogP contribution in [0, 0.1) is 0 Å². The topological polar surface area (TPSA) is 47.7 Å². The predicted octanol–water partition coefficient (Wildman–Crippen LogP) is 3.56. The third-order valence-electron chi connectivity index (χ3n) is 5.80. The predicted molar refractivity (Wildman–Crippen MR) is 114 cm³/mol. The van der Waals surface area contributed by atoms with Gasteiger partial charge < -0.3 is 19.5 Å². The molecule has 5 nitrogen and oxygen atoms in total. The molecule has 4 rings (SSSR count). The van der Waals surface area contributed by atoms with Crippen LogP contribution < -0.4 is 15.0 Å². The van der Waals surface area contributed by atoms with Gasteiger partial charge in [0, 0.05) is 31.8 Å². The summed E-state index contributed by atoms with van der Waals surface area (Å²) < 4.78 is 7.99. The van der Waals surface area contributed by atoms with E-state index in [0.717, 1.165) is 36.6 Å². The Morgan fingerprint density at radius 1 is 1.07 bits per heavy atom. The lowest BCUT2D eigenvalue weighted by molar-refractivity contribution is -0.932. The Morgan fingerprint density at radius 2 is 1.79 bits per heavy atom. The van der Waals surface area contributed by atoms with Gasteiger partial charge in [-0.2, -0.15) is 0 Å². The number of amides is 1. The number of carbonyl (C=O) groups is 1. The molecule has 3 aromatic rings. The van der Waals surface area contributed by atoms with Crippen molar-refractivity contribution in [1.29, 1.82) is 0 Å². The van der Waals surface area contributed by atoms with E-state index < -0.39 is 0 Å². The maximum absolute atomic E-state index is 12.9. The Hall–Kier alpha value is -3.05. The number of benzene rings is 2. The first-order valence-corrected chi connectivity index (χ1v) is 10.2. The molecule has 1 aromatic heterocycles. The molecular formula is C24H28N3O2+. The number of carbonyl (C=O) groups excluding carboxylic acids is 1. The summed E-state index contributed by atoms with van der Waals surface area (Å²) in [5.74, 6) is 1.59. The SMILES string of the molecule is C[C@@H](C(=O)Nc1ccc(Oc2ccccc2)cc1)[NH+]1CCC[C@@H]1c1cccn1C. The standard InChI is InChI=1S/C24H27N3O2/c1-18(27-17-7-11-23(27)22-10-6-16-26(22)2)24(28)25-19-12-14-21(15-13-19)29-20-8-4-3-5-9-20/h3-6,8-10,12-16,18,23H,7,11,17H2,1-2H3,(H,25,28)/p+1/t18-,23+/m0/s1. The van der Waals surface area contributed by atoms with Crippen LogP contribution in [0.25, 0.3) is 0 Å². The van der Waals surface area contributed by atoms with Crippen LogP contribution in [0.3, 0.4) is 0 Å². The quantitative estimate of drug-likeness (QED) is 0.676. The van der Waals surface area contributed by atoms with E-state index in [1.165, 1.54) is 10.6 Å². The molecule has 29 heavy (non-hydrogen) atoms. The number of rotatable bonds is 6. The van der Waals surface area contributed by atoms with Gasteiger partial charge in [0.15, 0.2) is 6.04 Å². The smallest absolute Gasteiger partial charge is 0.282 e. The van der Waals surface area contributed by atoms with Gasteiger partial charge in [0.1, 0.15) is 17.5 Å². The zero-order valence-corrected chi connectivity index (χ0v) is 17.0. The van der Waals surface area contributed by atoms with Crippen LogP contribution in [-0.4, -0.2) is 23.1 Å². The highest BCUT2D eigenvalue weighted by atomic mass is 16.5. The normalized spacial score (nSPS) is 19.7. The molecule has 1 aliphatic rings. The van der Waals surface area contributed by atoms with Gasteiger partial charge in [-0.1, -0.05) is 18.2 Å². The van der Waals surface area contributed by atoms with Crippen LogP contribution >= 0.6 is 0 Å². The fraction of sp³-hybridized carbons (Fsp3) is 0.292. The lowest BCUT2D eigenvalue weighted by atomic mass is 10.1. The Balaban J connectivity index is 1.39. The van der Waals surface area contributed by atoms with E-state index in [1.54, 1.807) is 0 Å². The van der Waals surface area contributed by atoms with Crippen LogP contribution in [0.5, 0.6) is 11.5 Å². The van der Waals surface area contributed by atoms with Crippen LogP contribution in [0.2, 0.25) is 0 Å². The molecule has 1 amide bonds. The number of ether oxygens (including phenoxy) is 1.